The third kappa shape index (κ3) is 10.7. The summed E-state index contributed by atoms with van der Waals surface area (Å²) in [5.41, 5.74) is 6.91. The van der Waals surface area contributed by atoms with Gasteiger partial charge in [-0.2, -0.15) is 13.5 Å². The SMILES string of the molecule is Cc1ccc(COC2CCN(C(=O)[C@H]3CCN(C(=O)CCNC(=O)c4ccc(N/N=C\c5ccccc5S(=O)(=O)O)nc4)CC3C(=O)NO)CC2)cc1. The maximum atomic E-state index is 13.6. The van der Waals surface area contributed by atoms with Crippen LogP contribution in [0.15, 0.2) is 76.9 Å². The number of aromatic nitrogens is 1. The van der Waals surface area contributed by atoms with E-state index in [1.54, 1.807) is 16.4 Å². The summed E-state index contributed by atoms with van der Waals surface area (Å²) >= 11 is 0. The van der Waals surface area contributed by atoms with Crippen LogP contribution in [-0.4, -0.2) is 102 Å². The number of likely N-dealkylation sites (tertiary alicyclic amines) is 2. The molecule has 3 heterocycles. The van der Waals surface area contributed by atoms with Gasteiger partial charge in [-0.05, 0) is 49.9 Å². The van der Waals surface area contributed by atoms with Gasteiger partial charge in [0, 0.05) is 50.9 Å². The molecule has 2 aromatic carbocycles. The predicted octanol–water partition coefficient (Wildman–Crippen LogP) is 2.38. The van der Waals surface area contributed by atoms with E-state index in [-0.39, 0.29) is 72.2 Å². The second-order valence-electron chi connectivity index (χ2n) is 13.0. The minimum Gasteiger partial charge on any atom is -0.373 e. The number of hydrogen-bond acceptors (Lipinski definition) is 11. The van der Waals surface area contributed by atoms with E-state index < -0.39 is 33.8 Å². The lowest BCUT2D eigenvalue weighted by atomic mass is 9.83. The number of carbonyl (C=O) groups is 4. The first-order chi connectivity index (χ1) is 25.4. The van der Waals surface area contributed by atoms with Crippen molar-refractivity contribution in [3.63, 3.8) is 0 Å². The molecule has 1 aromatic heterocycles. The van der Waals surface area contributed by atoms with Gasteiger partial charge >= 0.3 is 0 Å². The second kappa shape index (κ2) is 18.0. The average Bonchev–Trinajstić information content (AvgIpc) is 3.17. The van der Waals surface area contributed by atoms with Crippen molar-refractivity contribution in [3.8, 4) is 0 Å². The number of piperidine rings is 2. The van der Waals surface area contributed by atoms with Crippen molar-refractivity contribution in [2.75, 3.05) is 38.1 Å². The molecule has 282 valence electrons. The molecule has 5 N–H and O–H groups in total. The average molecular weight is 750 g/mol. The highest BCUT2D eigenvalue weighted by Crippen LogP contribution is 2.28. The van der Waals surface area contributed by atoms with Crippen LogP contribution in [0.2, 0.25) is 0 Å². The van der Waals surface area contributed by atoms with Gasteiger partial charge in [0.15, 0.2) is 0 Å². The van der Waals surface area contributed by atoms with Crippen LogP contribution in [0.3, 0.4) is 0 Å². The summed E-state index contributed by atoms with van der Waals surface area (Å²) in [4.78, 5) is 59.0. The molecule has 1 unspecified atom stereocenters. The molecule has 0 bridgehead atoms. The van der Waals surface area contributed by atoms with E-state index in [2.05, 4.69) is 20.8 Å². The molecule has 0 aliphatic carbocycles. The molecule has 17 heteroatoms. The van der Waals surface area contributed by atoms with E-state index in [4.69, 9.17) is 4.74 Å². The van der Waals surface area contributed by atoms with Crippen LogP contribution in [0.25, 0.3) is 0 Å². The maximum absolute atomic E-state index is 13.6. The standard InChI is InChI=1S/C36H43N7O9S/c1-24-6-8-25(9-7-24)23-52-28-13-17-42(18-14-28)36(47)29-15-19-43(22-30(29)35(46)41-48)33(44)12-16-37-34(45)27-10-11-32(38-20-27)40-39-21-26-4-2-3-5-31(26)53(49,50)51/h2-11,20-21,28-30,48H,12-19,22-23H2,1H3,(H,37,45)(H,38,40)(H,41,46)(H,49,50,51)/b39-21-/t29-,30?/m0/s1. The van der Waals surface area contributed by atoms with Crippen LogP contribution in [0, 0.1) is 18.8 Å². The normalized spacial score (nSPS) is 18.1. The quantitative estimate of drug-likeness (QED) is 0.0739. The van der Waals surface area contributed by atoms with E-state index in [1.165, 1.54) is 53.2 Å². The highest BCUT2D eigenvalue weighted by Gasteiger charge is 2.42. The van der Waals surface area contributed by atoms with Gasteiger partial charge in [0.25, 0.3) is 16.0 Å². The number of pyridine rings is 1. The fourth-order valence-electron chi connectivity index (χ4n) is 6.33. The Morgan fingerprint density at radius 3 is 2.36 bits per heavy atom. The molecule has 5 rings (SSSR count). The predicted molar refractivity (Wildman–Crippen MR) is 192 cm³/mol. The van der Waals surface area contributed by atoms with Crippen molar-refractivity contribution < 1.29 is 42.1 Å². The smallest absolute Gasteiger partial charge is 0.295 e. The van der Waals surface area contributed by atoms with E-state index >= 15 is 0 Å². The molecule has 3 aromatic rings. The number of anilines is 1. The molecule has 53 heavy (non-hydrogen) atoms. The fraction of sp³-hybridized carbons (Fsp3) is 0.389. The number of benzene rings is 2. The Labute approximate surface area is 307 Å². The highest BCUT2D eigenvalue weighted by molar-refractivity contribution is 7.86. The summed E-state index contributed by atoms with van der Waals surface area (Å²) in [7, 11) is -4.43. The maximum Gasteiger partial charge on any atom is 0.295 e. The molecular weight excluding hydrogens is 707 g/mol. The Morgan fingerprint density at radius 1 is 0.962 bits per heavy atom. The Hall–Kier alpha value is -5.23. The number of nitrogens with one attached hydrogen (secondary N) is 3. The third-order valence-corrected chi connectivity index (χ3v) is 10.2. The minimum absolute atomic E-state index is 0.00574. The number of hydrazone groups is 1. The van der Waals surface area contributed by atoms with Crippen molar-refractivity contribution in [2.45, 2.75) is 50.2 Å². The molecule has 2 atom stereocenters. The number of carbonyl (C=O) groups excluding carboxylic acids is 4. The lowest BCUT2D eigenvalue weighted by Crippen LogP contribution is -2.54. The molecule has 16 nitrogen and oxygen atoms in total. The first kappa shape index (κ1) is 39.0. The lowest BCUT2D eigenvalue weighted by Gasteiger charge is -2.40. The molecule has 0 radical (unpaired) electrons. The van der Waals surface area contributed by atoms with Crippen molar-refractivity contribution in [2.24, 2.45) is 16.9 Å². The number of nitrogens with zero attached hydrogens (tertiary/aromatic N) is 4. The first-order valence-electron chi connectivity index (χ1n) is 17.2. The zero-order valence-electron chi connectivity index (χ0n) is 29.2. The molecule has 2 aliphatic heterocycles. The van der Waals surface area contributed by atoms with E-state index in [9.17, 15) is 37.4 Å². The number of amides is 4. The summed E-state index contributed by atoms with van der Waals surface area (Å²) in [5.74, 6) is -3.08. The summed E-state index contributed by atoms with van der Waals surface area (Å²) < 4.78 is 38.5. The first-order valence-corrected chi connectivity index (χ1v) is 18.6. The van der Waals surface area contributed by atoms with Gasteiger partial charge in [0.2, 0.25) is 17.7 Å². The fourth-order valence-corrected chi connectivity index (χ4v) is 7.00. The van der Waals surface area contributed by atoms with Crippen molar-refractivity contribution in [1.29, 1.82) is 0 Å². The zero-order valence-corrected chi connectivity index (χ0v) is 30.0. The lowest BCUT2D eigenvalue weighted by molar-refractivity contribution is -0.152. The second-order valence-corrected chi connectivity index (χ2v) is 14.3. The van der Waals surface area contributed by atoms with Crippen molar-refractivity contribution in [3.05, 3.63) is 89.1 Å². The molecular formula is C36H43N7O9S. The van der Waals surface area contributed by atoms with Gasteiger partial charge in [-0.25, -0.2) is 10.5 Å². The number of hydroxylamine groups is 1. The van der Waals surface area contributed by atoms with Crippen LogP contribution < -0.4 is 16.2 Å². The van der Waals surface area contributed by atoms with Gasteiger partial charge in [-0.3, -0.25) is 34.4 Å². The van der Waals surface area contributed by atoms with Crippen LogP contribution in [-0.2, 0) is 35.8 Å². The Kier molecular flexibility index (Phi) is 13.2. The van der Waals surface area contributed by atoms with E-state index in [0.717, 1.165) is 5.56 Å². The Morgan fingerprint density at radius 2 is 1.68 bits per heavy atom. The monoisotopic (exact) mass is 749 g/mol. The highest BCUT2D eigenvalue weighted by atomic mass is 32.2. The topological polar surface area (TPSA) is 220 Å². The minimum atomic E-state index is -4.43. The molecule has 4 amide bonds. The van der Waals surface area contributed by atoms with Gasteiger partial charge in [0.05, 0.1) is 36.3 Å². The molecule has 0 saturated carbocycles. The number of ether oxygens (including phenoxy) is 1. The number of rotatable bonds is 13. The summed E-state index contributed by atoms with van der Waals surface area (Å²) in [6.07, 6.45) is 4.05. The van der Waals surface area contributed by atoms with Gasteiger partial charge in [0.1, 0.15) is 10.7 Å². The van der Waals surface area contributed by atoms with Crippen molar-refractivity contribution in [1.82, 2.24) is 25.6 Å². The number of hydrogen-bond donors (Lipinski definition) is 5. The van der Waals surface area contributed by atoms with Gasteiger partial charge in [-0.1, -0.05) is 48.0 Å². The largest absolute Gasteiger partial charge is 0.373 e. The Balaban J connectivity index is 1.05. The van der Waals surface area contributed by atoms with Gasteiger partial charge < -0.3 is 19.9 Å². The van der Waals surface area contributed by atoms with Crippen molar-refractivity contribution >= 4 is 45.8 Å². The molecule has 2 fully saturated rings. The molecule has 2 saturated heterocycles. The molecule has 2 aliphatic rings. The van der Waals surface area contributed by atoms with Crippen LogP contribution in [0.4, 0.5) is 5.82 Å². The number of aryl methyl sites for hydroxylation is 1. The summed E-state index contributed by atoms with van der Waals surface area (Å²) in [5, 5.41) is 16.0. The van der Waals surface area contributed by atoms with Gasteiger partial charge in [-0.15, -0.1) is 0 Å². The zero-order chi connectivity index (χ0) is 38.0. The molecule has 0 spiro atoms. The van der Waals surface area contributed by atoms with Crippen LogP contribution in [0.1, 0.15) is 52.7 Å². The summed E-state index contributed by atoms with van der Waals surface area (Å²) in [6.45, 7) is 3.70. The van der Waals surface area contributed by atoms with Crippen LogP contribution >= 0.6 is 0 Å². The van der Waals surface area contributed by atoms with Crippen LogP contribution in [0.5, 0.6) is 0 Å². The van der Waals surface area contributed by atoms with E-state index in [1.807, 2.05) is 31.2 Å². The Bertz CT molecular complexity index is 1900. The third-order valence-electron chi connectivity index (χ3n) is 9.32. The van der Waals surface area contributed by atoms with E-state index in [0.29, 0.717) is 32.5 Å². The summed E-state index contributed by atoms with van der Waals surface area (Å²) in [6, 6.07) is 16.9.